The predicted octanol–water partition coefficient (Wildman–Crippen LogP) is 2.41. The number of hydrogen-bond donors (Lipinski definition) is 0. The van der Waals surface area contributed by atoms with Crippen LogP contribution < -0.4 is 0 Å². The maximum absolute atomic E-state index is 12.6. The molecule has 0 saturated heterocycles. The topological polar surface area (TPSA) is 34.4 Å². The first-order valence-corrected chi connectivity index (χ1v) is 4.31. The van der Waals surface area contributed by atoms with Gasteiger partial charge >= 0.3 is 6.04 Å². The van der Waals surface area contributed by atoms with E-state index in [1.54, 1.807) is 19.1 Å². The molecule has 2 aromatic heterocycles. The molecule has 0 fully saturated rings. The molecule has 2 aromatic rings. The largest absolute Gasteiger partial charge is 0.350 e. The van der Waals surface area contributed by atoms with Gasteiger partial charge < -0.3 is 0 Å². The molecule has 5 heteroatoms. The molecule has 0 saturated carbocycles. The Morgan fingerprint density at radius 2 is 2.29 bits per heavy atom. The fraction of sp³-hybridized carbons (Fsp3) is 0.111. The van der Waals surface area contributed by atoms with Crippen molar-refractivity contribution >= 4 is 23.3 Å². The summed E-state index contributed by atoms with van der Waals surface area (Å²) in [7, 11) is 0. The highest BCUT2D eigenvalue weighted by Crippen LogP contribution is 2.16. The van der Waals surface area contributed by atoms with Crippen molar-refractivity contribution < 1.29 is 9.18 Å². The average Bonchev–Trinajstić information content (AvgIpc) is 2.40. The molecule has 2 rings (SSSR count). The number of aryl methyl sites for hydroxylation is 1. The number of pyridine rings is 1. The minimum Gasteiger partial charge on any atom is -0.293 e. The number of aromatic nitrogens is 2. The molecule has 14 heavy (non-hydrogen) atoms. The summed E-state index contributed by atoms with van der Waals surface area (Å²) in [5, 5.41) is 0.428. The lowest BCUT2D eigenvalue weighted by atomic mass is 10.3. The molecule has 0 aromatic carbocycles. The Hall–Kier alpha value is -1.42. The van der Waals surface area contributed by atoms with E-state index in [2.05, 4.69) is 4.98 Å². The summed E-state index contributed by atoms with van der Waals surface area (Å²) >= 11 is 5.72. The molecule has 0 N–H and O–H groups in total. The van der Waals surface area contributed by atoms with E-state index in [-0.39, 0.29) is 5.69 Å². The molecular formula is C9H6ClFN2O. The zero-order valence-electron chi connectivity index (χ0n) is 7.29. The lowest BCUT2D eigenvalue weighted by molar-refractivity contribution is 0.0828. The van der Waals surface area contributed by atoms with Crippen LogP contribution in [0, 0.1) is 6.92 Å². The Morgan fingerprint density at radius 1 is 1.57 bits per heavy atom. The van der Waals surface area contributed by atoms with Gasteiger partial charge in [-0.15, -0.1) is 0 Å². The van der Waals surface area contributed by atoms with Gasteiger partial charge in [0.25, 0.3) is 0 Å². The number of nitrogens with zero attached hydrogens (tertiary/aromatic N) is 2. The van der Waals surface area contributed by atoms with E-state index in [4.69, 9.17) is 11.6 Å². The van der Waals surface area contributed by atoms with Gasteiger partial charge in [0.05, 0.1) is 10.7 Å². The first-order valence-electron chi connectivity index (χ1n) is 3.93. The summed E-state index contributed by atoms with van der Waals surface area (Å²) in [5.41, 5.74) is 0.801. The summed E-state index contributed by atoms with van der Waals surface area (Å²) in [6.45, 7) is 1.58. The van der Waals surface area contributed by atoms with E-state index < -0.39 is 6.04 Å². The summed E-state index contributed by atoms with van der Waals surface area (Å²) in [6.07, 6.45) is 1.46. The zero-order chi connectivity index (χ0) is 10.3. The molecule has 3 nitrogen and oxygen atoms in total. The fourth-order valence-corrected chi connectivity index (χ4v) is 1.53. The average molecular weight is 213 g/mol. The van der Waals surface area contributed by atoms with Crippen molar-refractivity contribution in [3.05, 3.63) is 34.7 Å². The van der Waals surface area contributed by atoms with E-state index >= 15 is 0 Å². The second kappa shape index (κ2) is 3.06. The second-order valence-corrected chi connectivity index (χ2v) is 3.33. The molecular weight excluding hydrogens is 207 g/mol. The van der Waals surface area contributed by atoms with Crippen LogP contribution in [-0.2, 0) is 0 Å². The monoisotopic (exact) mass is 212 g/mol. The van der Waals surface area contributed by atoms with Gasteiger partial charge in [0.2, 0.25) is 0 Å². The van der Waals surface area contributed by atoms with Gasteiger partial charge in [0.15, 0.2) is 0 Å². The van der Waals surface area contributed by atoms with Crippen molar-refractivity contribution in [2.45, 2.75) is 6.92 Å². The lowest BCUT2D eigenvalue weighted by Gasteiger charge is -1.96. The third kappa shape index (κ3) is 1.28. The van der Waals surface area contributed by atoms with Crippen molar-refractivity contribution in [3.8, 4) is 0 Å². The van der Waals surface area contributed by atoms with E-state index in [9.17, 15) is 9.18 Å². The number of carbonyl (C=O) groups is 1. The summed E-state index contributed by atoms with van der Waals surface area (Å²) in [6, 6.07) is 1.76. The van der Waals surface area contributed by atoms with E-state index in [0.717, 1.165) is 0 Å². The quantitative estimate of drug-likeness (QED) is 0.681. The normalized spacial score (nSPS) is 10.8. The highest BCUT2D eigenvalue weighted by atomic mass is 35.5. The molecule has 0 spiro atoms. The number of halogens is 2. The van der Waals surface area contributed by atoms with Crippen LogP contribution in [0.5, 0.6) is 0 Å². The molecule has 72 valence electrons. The van der Waals surface area contributed by atoms with Crippen LogP contribution in [0.25, 0.3) is 5.65 Å². The van der Waals surface area contributed by atoms with Crippen molar-refractivity contribution in [2.75, 3.05) is 0 Å². The number of carbonyl (C=O) groups excluding carboxylic acids is 1. The van der Waals surface area contributed by atoms with Gasteiger partial charge in [0, 0.05) is 6.20 Å². The zero-order valence-corrected chi connectivity index (χ0v) is 8.05. The predicted molar refractivity (Wildman–Crippen MR) is 50.4 cm³/mol. The summed E-state index contributed by atoms with van der Waals surface area (Å²) < 4.78 is 14.0. The minimum atomic E-state index is -1.50. The van der Waals surface area contributed by atoms with Gasteiger partial charge in [-0.3, -0.25) is 9.20 Å². The molecule has 0 unspecified atom stereocenters. The van der Waals surface area contributed by atoms with E-state index in [0.29, 0.717) is 16.4 Å². The highest BCUT2D eigenvalue weighted by molar-refractivity contribution is 6.30. The highest BCUT2D eigenvalue weighted by Gasteiger charge is 2.15. The van der Waals surface area contributed by atoms with Crippen molar-refractivity contribution in [3.63, 3.8) is 0 Å². The molecule has 0 bridgehead atoms. The first-order chi connectivity index (χ1) is 6.59. The second-order valence-electron chi connectivity index (χ2n) is 2.90. The molecule has 0 aliphatic rings. The molecule has 0 atom stereocenters. The maximum atomic E-state index is 12.6. The third-order valence-corrected chi connectivity index (χ3v) is 2.17. The van der Waals surface area contributed by atoms with Crippen molar-refractivity contribution in [2.24, 2.45) is 0 Å². The smallest absolute Gasteiger partial charge is 0.293 e. The Kier molecular flexibility index (Phi) is 2.00. The maximum Gasteiger partial charge on any atom is 0.350 e. The minimum absolute atomic E-state index is 0.0671. The van der Waals surface area contributed by atoms with Crippen LogP contribution in [0.2, 0.25) is 5.02 Å². The van der Waals surface area contributed by atoms with Crippen LogP contribution in [0.4, 0.5) is 4.39 Å². The fourth-order valence-electron chi connectivity index (χ4n) is 1.37. The van der Waals surface area contributed by atoms with Crippen molar-refractivity contribution in [1.82, 2.24) is 9.38 Å². The standard InChI is InChI=1S/C9H6ClFN2O/c1-5-8(9(11)14)13-4-6(10)2-3-7(13)12-5/h2-4H,1H3. The Bertz CT molecular complexity index is 521. The van der Waals surface area contributed by atoms with Crippen LogP contribution in [-0.4, -0.2) is 15.4 Å². The van der Waals surface area contributed by atoms with Gasteiger partial charge in [-0.25, -0.2) is 4.98 Å². The van der Waals surface area contributed by atoms with E-state index in [1.807, 2.05) is 0 Å². The van der Waals surface area contributed by atoms with Gasteiger partial charge in [0.1, 0.15) is 11.3 Å². The number of rotatable bonds is 1. The Balaban J connectivity index is 2.86. The van der Waals surface area contributed by atoms with Crippen LogP contribution in [0.1, 0.15) is 16.2 Å². The van der Waals surface area contributed by atoms with Crippen LogP contribution in [0.15, 0.2) is 18.3 Å². The summed E-state index contributed by atoms with van der Waals surface area (Å²) in [5.74, 6) is 0. The summed E-state index contributed by atoms with van der Waals surface area (Å²) in [4.78, 5) is 14.7. The van der Waals surface area contributed by atoms with Gasteiger partial charge in [-0.2, -0.15) is 4.39 Å². The SMILES string of the molecule is Cc1nc2ccc(Cl)cn2c1C(=O)F. The van der Waals surface area contributed by atoms with Gasteiger partial charge in [-0.1, -0.05) is 11.6 Å². The van der Waals surface area contributed by atoms with Crippen molar-refractivity contribution in [1.29, 1.82) is 0 Å². The molecule has 0 amide bonds. The molecule has 0 aliphatic carbocycles. The van der Waals surface area contributed by atoms with E-state index in [1.165, 1.54) is 10.6 Å². The first kappa shape index (κ1) is 9.15. The van der Waals surface area contributed by atoms with Gasteiger partial charge in [-0.05, 0) is 19.1 Å². The van der Waals surface area contributed by atoms with Crippen LogP contribution in [0.3, 0.4) is 0 Å². The molecule has 0 radical (unpaired) electrons. The third-order valence-electron chi connectivity index (χ3n) is 1.94. The lowest BCUT2D eigenvalue weighted by Crippen LogP contribution is -1.98. The Morgan fingerprint density at radius 3 is 2.93 bits per heavy atom. The molecule has 0 aliphatic heterocycles. The number of hydrogen-bond acceptors (Lipinski definition) is 2. The number of imidazole rings is 1. The van der Waals surface area contributed by atoms with Crippen LogP contribution >= 0.6 is 11.6 Å². The molecule has 2 heterocycles. The Labute approximate surface area is 84.1 Å². The number of fused-ring (bicyclic) bond motifs is 1.